The predicted octanol–water partition coefficient (Wildman–Crippen LogP) is 4.27. The number of thioether (sulfide) groups is 1. The molecule has 0 bridgehead atoms. The molecule has 1 amide bonds. The molecular weight excluding hydrogens is 386 g/mol. The van der Waals surface area contributed by atoms with Gasteiger partial charge in [0.1, 0.15) is 0 Å². The molecule has 0 aliphatic carbocycles. The van der Waals surface area contributed by atoms with Gasteiger partial charge in [0.15, 0.2) is 11.5 Å². The Balaban J connectivity index is 1.55. The van der Waals surface area contributed by atoms with Crippen LogP contribution in [0.15, 0.2) is 64.7 Å². The Kier molecular flexibility index (Phi) is 7.47. The summed E-state index contributed by atoms with van der Waals surface area (Å²) in [6.45, 7) is 2.68. The zero-order valence-corrected chi connectivity index (χ0v) is 17.2. The lowest BCUT2D eigenvalue weighted by Crippen LogP contribution is -2.19. The van der Waals surface area contributed by atoms with Crippen LogP contribution in [0.3, 0.4) is 0 Å². The monoisotopic (exact) mass is 409 g/mol. The Labute approximate surface area is 174 Å². The van der Waals surface area contributed by atoms with Crippen LogP contribution < -0.4 is 14.9 Å². The third-order valence-electron chi connectivity index (χ3n) is 4.01. The van der Waals surface area contributed by atoms with Gasteiger partial charge in [-0.15, -0.1) is 11.8 Å². The first-order valence-corrected chi connectivity index (χ1v) is 10.3. The number of amides is 1. The van der Waals surface area contributed by atoms with E-state index in [9.17, 15) is 4.79 Å². The molecule has 1 N–H and O–H groups in total. The summed E-state index contributed by atoms with van der Waals surface area (Å²) in [7, 11) is 1.59. The molecule has 1 aromatic heterocycles. The molecule has 6 nitrogen and oxygen atoms in total. The lowest BCUT2D eigenvalue weighted by atomic mass is 10.2. The molecule has 3 aromatic rings. The van der Waals surface area contributed by atoms with Gasteiger partial charge in [-0.2, -0.15) is 5.10 Å². The molecule has 0 fully saturated rings. The lowest BCUT2D eigenvalue weighted by Gasteiger charge is -2.10. The highest BCUT2D eigenvalue weighted by Gasteiger charge is 2.07. The summed E-state index contributed by atoms with van der Waals surface area (Å²) in [5.41, 5.74) is 4.25. The van der Waals surface area contributed by atoms with E-state index in [4.69, 9.17) is 9.47 Å². The number of pyridine rings is 1. The molecular formula is C22H23N3O3S. The van der Waals surface area contributed by atoms with Crippen molar-refractivity contribution in [3.8, 4) is 11.5 Å². The first-order valence-electron chi connectivity index (χ1n) is 9.30. The van der Waals surface area contributed by atoms with E-state index >= 15 is 0 Å². The van der Waals surface area contributed by atoms with Crippen molar-refractivity contribution >= 4 is 34.8 Å². The average molecular weight is 410 g/mol. The Morgan fingerprint density at radius 1 is 1.21 bits per heavy atom. The molecule has 0 atom stereocenters. The molecule has 29 heavy (non-hydrogen) atoms. The quantitative estimate of drug-likeness (QED) is 0.324. The summed E-state index contributed by atoms with van der Waals surface area (Å²) >= 11 is 1.43. The second-order valence-corrected chi connectivity index (χ2v) is 7.19. The van der Waals surface area contributed by atoms with E-state index in [-0.39, 0.29) is 11.7 Å². The van der Waals surface area contributed by atoms with Crippen LogP contribution in [0.25, 0.3) is 10.9 Å². The molecule has 0 radical (unpaired) electrons. The zero-order chi connectivity index (χ0) is 20.5. The minimum absolute atomic E-state index is 0.186. The third-order valence-corrected chi connectivity index (χ3v) is 5.05. The topological polar surface area (TPSA) is 72.8 Å². The molecule has 2 aromatic carbocycles. The molecule has 0 aliphatic rings. The van der Waals surface area contributed by atoms with Crippen molar-refractivity contribution in [3.05, 3.63) is 60.3 Å². The number of carbonyl (C=O) groups is 1. The number of rotatable bonds is 9. The fourth-order valence-corrected chi connectivity index (χ4v) is 3.48. The standard InChI is InChI=1S/C22H23N3O3S/c1-3-12-28-18-10-9-16(13-19(18)27-2)14-24-25-21(26)15-29-20-8-4-6-17-7-5-11-23-22(17)20/h4-11,13-14H,3,12,15H2,1-2H3,(H,25,26)/b24-14-. The Morgan fingerprint density at radius 3 is 2.90 bits per heavy atom. The number of benzene rings is 2. The number of fused-ring (bicyclic) bond motifs is 1. The van der Waals surface area contributed by atoms with Crippen LogP contribution in [0, 0.1) is 0 Å². The maximum atomic E-state index is 12.1. The summed E-state index contributed by atoms with van der Waals surface area (Å²) in [6, 6.07) is 15.3. The van der Waals surface area contributed by atoms with E-state index in [2.05, 4.69) is 15.5 Å². The van der Waals surface area contributed by atoms with Gasteiger partial charge >= 0.3 is 0 Å². The SMILES string of the molecule is CCCOc1ccc(/C=N\NC(=O)CSc2cccc3cccnc23)cc1OC. The first kappa shape index (κ1) is 20.7. The van der Waals surface area contributed by atoms with Gasteiger partial charge in [-0.05, 0) is 42.3 Å². The highest BCUT2D eigenvalue weighted by molar-refractivity contribution is 8.00. The van der Waals surface area contributed by atoms with Crippen molar-refractivity contribution < 1.29 is 14.3 Å². The molecule has 3 rings (SSSR count). The Morgan fingerprint density at radius 2 is 2.07 bits per heavy atom. The van der Waals surface area contributed by atoms with Gasteiger partial charge in [-0.25, -0.2) is 5.43 Å². The molecule has 0 saturated heterocycles. The third kappa shape index (κ3) is 5.71. The summed E-state index contributed by atoms with van der Waals surface area (Å²) in [5.74, 6) is 1.39. The molecule has 0 unspecified atom stereocenters. The number of nitrogens with one attached hydrogen (secondary N) is 1. The fraction of sp³-hybridized carbons (Fsp3) is 0.227. The molecule has 7 heteroatoms. The van der Waals surface area contributed by atoms with Crippen LogP contribution >= 0.6 is 11.8 Å². The maximum absolute atomic E-state index is 12.1. The van der Waals surface area contributed by atoms with Crippen molar-refractivity contribution in [1.82, 2.24) is 10.4 Å². The number of para-hydroxylation sites is 1. The largest absolute Gasteiger partial charge is 0.493 e. The van der Waals surface area contributed by atoms with Crippen LogP contribution in [0.5, 0.6) is 11.5 Å². The van der Waals surface area contributed by atoms with Crippen molar-refractivity contribution in [2.45, 2.75) is 18.2 Å². The minimum Gasteiger partial charge on any atom is -0.493 e. The van der Waals surface area contributed by atoms with Crippen LogP contribution in [0.4, 0.5) is 0 Å². The van der Waals surface area contributed by atoms with Crippen LogP contribution in [0.1, 0.15) is 18.9 Å². The van der Waals surface area contributed by atoms with E-state index in [0.717, 1.165) is 27.8 Å². The van der Waals surface area contributed by atoms with Gasteiger partial charge in [0.25, 0.3) is 0 Å². The van der Waals surface area contributed by atoms with Gasteiger partial charge in [-0.3, -0.25) is 9.78 Å². The van der Waals surface area contributed by atoms with E-state index in [0.29, 0.717) is 18.1 Å². The highest BCUT2D eigenvalue weighted by atomic mass is 32.2. The number of nitrogens with zero attached hydrogens (tertiary/aromatic N) is 2. The van der Waals surface area contributed by atoms with E-state index in [1.165, 1.54) is 11.8 Å². The summed E-state index contributed by atoms with van der Waals surface area (Å²) < 4.78 is 11.0. The molecule has 0 spiro atoms. The molecule has 0 saturated carbocycles. The van der Waals surface area contributed by atoms with Crippen molar-refractivity contribution in [2.75, 3.05) is 19.5 Å². The lowest BCUT2D eigenvalue weighted by molar-refractivity contribution is -0.118. The zero-order valence-electron chi connectivity index (χ0n) is 16.4. The van der Waals surface area contributed by atoms with Gasteiger partial charge in [-0.1, -0.05) is 25.1 Å². The maximum Gasteiger partial charge on any atom is 0.250 e. The van der Waals surface area contributed by atoms with Gasteiger partial charge in [0.05, 0.1) is 31.2 Å². The van der Waals surface area contributed by atoms with Gasteiger partial charge in [0, 0.05) is 16.5 Å². The number of hydrogen-bond acceptors (Lipinski definition) is 6. The van der Waals surface area contributed by atoms with Crippen molar-refractivity contribution in [1.29, 1.82) is 0 Å². The number of ether oxygens (including phenoxy) is 2. The van der Waals surface area contributed by atoms with Crippen molar-refractivity contribution in [3.63, 3.8) is 0 Å². The van der Waals surface area contributed by atoms with Crippen LogP contribution in [0.2, 0.25) is 0 Å². The summed E-state index contributed by atoms with van der Waals surface area (Å²) in [5, 5.41) is 5.09. The second kappa shape index (κ2) is 10.5. The summed E-state index contributed by atoms with van der Waals surface area (Å²) in [4.78, 5) is 17.5. The molecule has 1 heterocycles. The predicted molar refractivity (Wildman–Crippen MR) is 117 cm³/mol. The number of hydrogen-bond donors (Lipinski definition) is 1. The van der Waals surface area contributed by atoms with Crippen molar-refractivity contribution in [2.24, 2.45) is 5.10 Å². The van der Waals surface area contributed by atoms with E-state index in [1.807, 2.05) is 55.5 Å². The summed E-state index contributed by atoms with van der Waals surface area (Å²) in [6.07, 6.45) is 4.25. The number of carbonyl (C=O) groups excluding carboxylic acids is 1. The molecule has 150 valence electrons. The second-order valence-electron chi connectivity index (χ2n) is 6.17. The normalized spacial score (nSPS) is 11.0. The fourth-order valence-electron chi connectivity index (χ4n) is 2.64. The molecule has 0 aliphatic heterocycles. The number of hydrazone groups is 1. The van der Waals surface area contributed by atoms with Gasteiger partial charge < -0.3 is 9.47 Å². The minimum atomic E-state index is -0.186. The first-order chi connectivity index (χ1) is 14.2. The smallest absolute Gasteiger partial charge is 0.250 e. The Hall–Kier alpha value is -3.06. The van der Waals surface area contributed by atoms with Gasteiger partial charge in [0.2, 0.25) is 5.91 Å². The average Bonchev–Trinajstić information content (AvgIpc) is 2.76. The van der Waals surface area contributed by atoms with Crippen LogP contribution in [-0.4, -0.2) is 36.6 Å². The van der Waals surface area contributed by atoms with Crippen LogP contribution in [-0.2, 0) is 4.79 Å². The number of aromatic nitrogens is 1. The highest BCUT2D eigenvalue weighted by Crippen LogP contribution is 2.28. The Bertz CT molecular complexity index is 1000. The van der Waals surface area contributed by atoms with E-state index < -0.39 is 0 Å². The van der Waals surface area contributed by atoms with E-state index in [1.54, 1.807) is 19.5 Å². The number of methoxy groups -OCH3 is 1.